The Hall–Kier alpha value is -3.13. The lowest BCUT2D eigenvalue weighted by Crippen LogP contribution is -2.00. The first-order chi connectivity index (χ1) is 12.3. The van der Waals surface area contributed by atoms with E-state index in [9.17, 15) is 5.11 Å². The zero-order valence-electron chi connectivity index (χ0n) is 13.9. The molecule has 25 heavy (non-hydrogen) atoms. The maximum atomic E-state index is 9.90. The van der Waals surface area contributed by atoms with Crippen LogP contribution in [0.2, 0.25) is 0 Å². The van der Waals surface area contributed by atoms with Crippen LogP contribution in [0.1, 0.15) is 22.5 Å². The van der Waals surface area contributed by atoms with E-state index in [1.165, 1.54) is 11.1 Å². The summed E-state index contributed by atoms with van der Waals surface area (Å²) in [5.41, 5.74) is 4.52. The van der Waals surface area contributed by atoms with Gasteiger partial charge in [-0.1, -0.05) is 66.7 Å². The van der Waals surface area contributed by atoms with E-state index in [1.807, 2.05) is 36.4 Å². The Bertz CT molecular complexity index is 994. The molecule has 0 fully saturated rings. The highest BCUT2D eigenvalue weighted by atomic mass is 16.3. The highest BCUT2D eigenvalue weighted by Crippen LogP contribution is 2.26. The third-order valence-corrected chi connectivity index (χ3v) is 4.39. The summed E-state index contributed by atoms with van der Waals surface area (Å²) in [6.45, 7) is 0. The monoisotopic (exact) mass is 325 g/mol. The van der Waals surface area contributed by atoms with Gasteiger partial charge in [0, 0.05) is 23.9 Å². The second kappa shape index (κ2) is 6.78. The fourth-order valence-electron chi connectivity index (χ4n) is 3.18. The van der Waals surface area contributed by atoms with E-state index < -0.39 is 0 Å². The molecule has 2 nitrogen and oxygen atoms in total. The number of benzene rings is 3. The molecule has 1 N–H and O–H groups in total. The van der Waals surface area contributed by atoms with Crippen LogP contribution in [0.4, 0.5) is 0 Å². The van der Waals surface area contributed by atoms with E-state index in [0.717, 1.165) is 35.0 Å². The van der Waals surface area contributed by atoms with Crippen molar-refractivity contribution < 1.29 is 5.11 Å². The number of phenolic OH excluding ortho intramolecular Hbond substituents is 1. The highest BCUT2D eigenvalue weighted by molar-refractivity contribution is 5.86. The number of nitrogens with zero attached hydrogens (tertiary/aromatic N) is 1. The van der Waals surface area contributed by atoms with Gasteiger partial charge in [0.2, 0.25) is 0 Å². The van der Waals surface area contributed by atoms with Gasteiger partial charge in [-0.3, -0.25) is 4.98 Å². The molecule has 0 radical (unpaired) electrons. The molecule has 4 aromatic rings. The van der Waals surface area contributed by atoms with Crippen molar-refractivity contribution in [2.45, 2.75) is 12.8 Å². The largest absolute Gasteiger partial charge is 0.508 e. The molecule has 0 spiro atoms. The molecule has 0 saturated heterocycles. The number of fused-ring (bicyclic) bond motifs is 1. The Labute approximate surface area is 147 Å². The number of hydrogen-bond acceptors (Lipinski definition) is 2. The Morgan fingerprint density at radius 1 is 0.680 bits per heavy atom. The van der Waals surface area contributed by atoms with E-state index in [2.05, 4.69) is 42.5 Å². The fourth-order valence-corrected chi connectivity index (χ4v) is 3.18. The van der Waals surface area contributed by atoms with Crippen LogP contribution in [0.15, 0.2) is 84.9 Å². The first kappa shape index (κ1) is 15.4. The normalized spacial score (nSPS) is 10.9. The van der Waals surface area contributed by atoms with Crippen molar-refractivity contribution in [3.8, 4) is 5.75 Å². The van der Waals surface area contributed by atoms with Gasteiger partial charge in [-0.25, -0.2) is 0 Å². The molecule has 0 aliphatic rings. The van der Waals surface area contributed by atoms with Gasteiger partial charge in [0.15, 0.2) is 0 Å². The van der Waals surface area contributed by atoms with Gasteiger partial charge in [0.1, 0.15) is 5.75 Å². The highest BCUT2D eigenvalue weighted by Gasteiger charge is 2.09. The van der Waals surface area contributed by atoms with Crippen LogP contribution in [-0.2, 0) is 12.8 Å². The van der Waals surface area contributed by atoms with Crippen molar-refractivity contribution in [2.24, 2.45) is 0 Å². The Morgan fingerprint density at radius 3 is 2.00 bits per heavy atom. The van der Waals surface area contributed by atoms with E-state index in [1.54, 1.807) is 6.07 Å². The van der Waals surface area contributed by atoms with Crippen LogP contribution in [0, 0.1) is 0 Å². The van der Waals surface area contributed by atoms with Crippen molar-refractivity contribution in [1.82, 2.24) is 4.98 Å². The van der Waals surface area contributed by atoms with Gasteiger partial charge in [-0.15, -0.1) is 0 Å². The summed E-state index contributed by atoms with van der Waals surface area (Å²) in [6.07, 6.45) is 1.56. The zero-order chi connectivity index (χ0) is 17.1. The van der Waals surface area contributed by atoms with Crippen molar-refractivity contribution in [3.63, 3.8) is 0 Å². The smallest absolute Gasteiger partial charge is 0.116 e. The van der Waals surface area contributed by atoms with Gasteiger partial charge in [-0.05, 0) is 34.7 Å². The van der Waals surface area contributed by atoms with Crippen molar-refractivity contribution in [1.29, 1.82) is 0 Å². The number of aromatic hydroxyl groups is 1. The molecule has 1 heterocycles. The number of pyridine rings is 1. The van der Waals surface area contributed by atoms with Crippen LogP contribution in [0.3, 0.4) is 0 Å². The first-order valence-corrected chi connectivity index (χ1v) is 8.47. The molecule has 0 saturated carbocycles. The summed E-state index contributed by atoms with van der Waals surface area (Å²) in [6, 6.07) is 28.4. The minimum atomic E-state index is 0.277. The molecule has 1 aromatic heterocycles. The minimum Gasteiger partial charge on any atom is -0.508 e. The second-order valence-electron chi connectivity index (χ2n) is 6.29. The summed E-state index contributed by atoms with van der Waals surface area (Å²) in [5.74, 6) is 0.277. The predicted molar refractivity (Wildman–Crippen MR) is 102 cm³/mol. The molecule has 122 valence electrons. The van der Waals surface area contributed by atoms with Crippen LogP contribution >= 0.6 is 0 Å². The second-order valence-corrected chi connectivity index (χ2v) is 6.29. The minimum absolute atomic E-state index is 0.277. The molecular formula is C23H19NO. The molecule has 0 bridgehead atoms. The van der Waals surface area contributed by atoms with Crippen molar-refractivity contribution >= 4 is 10.8 Å². The number of phenols is 1. The summed E-state index contributed by atoms with van der Waals surface area (Å²) < 4.78 is 0. The van der Waals surface area contributed by atoms with Crippen molar-refractivity contribution in [2.75, 3.05) is 0 Å². The maximum absolute atomic E-state index is 9.90. The molecule has 0 aliphatic heterocycles. The van der Waals surface area contributed by atoms with Gasteiger partial charge >= 0.3 is 0 Å². The summed E-state index contributed by atoms with van der Waals surface area (Å²) in [7, 11) is 0. The molecule has 0 atom stereocenters. The topological polar surface area (TPSA) is 33.1 Å². The number of hydrogen-bond donors (Lipinski definition) is 1. The first-order valence-electron chi connectivity index (χ1n) is 8.47. The van der Waals surface area contributed by atoms with Crippen LogP contribution in [-0.4, -0.2) is 10.1 Å². The van der Waals surface area contributed by atoms with E-state index in [4.69, 9.17) is 4.98 Å². The SMILES string of the molecule is Oc1ccc2cc(Cc3ccccc3)nc(Cc3ccccc3)c2c1. The number of rotatable bonds is 4. The molecule has 0 amide bonds. The third-order valence-electron chi connectivity index (χ3n) is 4.39. The third kappa shape index (κ3) is 3.53. The lowest BCUT2D eigenvalue weighted by Gasteiger charge is -2.11. The zero-order valence-corrected chi connectivity index (χ0v) is 13.9. The molecule has 2 heteroatoms. The van der Waals surface area contributed by atoms with Crippen molar-refractivity contribution in [3.05, 3.63) is 107 Å². The standard InChI is InChI=1S/C23H19NO/c25-21-12-11-19-15-20(13-17-7-3-1-4-8-17)24-23(22(19)16-21)14-18-9-5-2-6-10-18/h1-12,15-16,25H,13-14H2. The summed E-state index contributed by atoms with van der Waals surface area (Å²) >= 11 is 0. The molecule has 3 aromatic carbocycles. The maximum Gasteiger partial charge on any atom is 0.116 e. The lowest BCUT2D eigenvalue weighted by atomic mass is 10.0. The molecule has 4 rings (SSSR count). The average molecular weight is 325 g/mol. The quantitative estimate of drug-likeness (QED) is 0.565. The average Bonchev–Trinajstić information content (AvgIpc) is 2.64. The fraction of sp³-hybridized carbons (Fsp3) is 0.0870. The van der Waals surface area contributed by atoms with E-state index in [0.29, 0.717) is 0 Å². The van der Waals surface area contributed by atoms with Crippen LogP contribution in [0.25, 0.3) is 10.8 Å². The Balaban J connectivity index is 1.79. The summed E-state index contributed by atoms with van der Waals surface area (Å²) in [4.78, 5) is 4.92. The van der Waals surface area contributed by atoms with Gasteiger partial charge in [-0.2, -0.15) is 0 Å². The van der Waals surface area contributed by atoms with Gasteiger partial charge < -0.3 is 5.11 Å². The molecule has 0 unspecified atom stereocenters. The Kier molecular flexibility index (Phi) is 4.17. The number of aromatic nitrogens is 1. The van der Waals surface area contributed by atoms with Gasteiger partial charge in [0.25, 0.3) is 0 Å². The molecular weight excluding hydrogens is 306 g/mol. The predicted octanol–water partition coefficient (Wildman–Crippen LogP) is 5.12. The van der Waals surface area contributed by atoms with Crippen LogP contribution in [0.5, 0.6) is 5.75 Å². The van der Waals surface area contributed by atoms with Gasteiger partial charge in [0.05, 0.1) is 5.69 Å². The lowest BCUT2D eigenvalue weighted by molar-refractivity contribution is 0.476. The van der Waals surface area contributed by atoms with E-state index in [-0.39, 0.29) is 5.75 Å². The Morgan fingerprint density at radius 2 is 1.32 bits per heavy atom. The summed E-state index contributed by atoms with van der Waals surface area (Å²) in [5, 5.41) is 12.0. The van der Waals surface area contributed by atoms with Crippen LogP contribution < -0.4 is 0 Å². The molecule has 0 aliphatic carbocycles. The van der Waals surface area contributed by atoms with E-state index >= 15 is 0 Å².